The van der Waals surface area contributed by atoms with Crippen LogP contribution in [0.15, 0.2) is 53.0 Å². The number of benzene rings is 2. The zero-order valence-electron chi connectivity index (χ0n) is 12.0. The molecule has 110 valence electrons. The van der Waals surface area contributed by atoms with Crippen LogP contribution in [0.3, 0.4) is 0 Å². The zero-order chi connectivity index (χ0) is 15.5. The molecule has 0 aromatic heterocycles. The van der Waals surface area contributed by atoms with Crippen LogP contribution in [0.1, 0.15) is 25.0 Å². The van der Waals surface area contributed by atoms with Gasteiger partial charge in [-0.25, -0.2) is 4.39 Å². The fourth-order valence-electron chi connectivity index (χ4n) is 2.12. The Balaban J connectivity index is 2.03. The third-order valence-electron chi connectivity index (χ3n) is 3.30. The maximum Gasteiger partial charge on any atom is 0.225 e. The summed E-state index contributed by atoms with van der Waals surface area (Å²) in [4.78, 5) is 12.2. The molecular formula is C17H17BrFNO. The first-order valence-electron chi connectivity index (χ1n) is 6.68. The number of halogens is 2. The van der Waals surface area contributed by atoms with Crippen LogP contribution in [0.2, 0.25) is 0 Å². The van der Waals surface area contributed by atoms with Crippen molar-refractivity contribution in [1.82, 2.24) is 5.32 Å². The van der Waals surface area contributed by atoms with E-state index in [0.29, 0.717) is 6.42 Å². The van der Waals surface area contributed by atoms with Crippen molar-refractivity contribution in [3.63, 3.8) is 0 Å². The van der Waals surface area contributed by atoms with Gasteiger partial charge in [0.15, 0.2) is 0 Å². The summed E-state index contributed by atoms with van der Waals surface area (Å²) in [6.07, 6.45) is 0.317. The van der Waals surface area contributed by atoms with Gasteiger partial charge in [0.1, 0.15) is 5.82 Å². The zero-order valence-corrected chi connectivity index (χ0v) is 13.6. The van der Waals surface area contributed by atoms with E-state index >= 15 is 0 Å². The van der Waals surface area contributed by atoms with Crippen molar-refractivity contribution < 1.29 is 9.18 Å². The average molecular weight is 350 g/mol. The highest BCUT2D eigenvalue weighted by molar-refractivity contribution is 9.10. The van der Waals surface area contributed by atoms with Crippen molar-refractivity contribution >= 4 is 21.8 Å². The maximum absolute atomic E-state index is 13.0. The van der Waals surface area contributed by atoms with Crippen LogP contribution in [0.5, 0.6) is 0 Å². The van der Waals surface area contributed by atoms with Gasteiger partial charge in [0.05, 0.1) is 12.0 Å². The van der Waals surface area contributed by atoms with E-state index in [-0.39, 0.29) is 11.7 Å². The van der Waals surface area contributed by atoms with Crippen molar-refractivity contribution in [2.75, 3.05) is 0 Å². The highest BCUT2D eigenvalue weighted by Gasteiger charge is 2.22. The van der Waals surface area contributed by atoms with Gasteiger partial charge in [-0.2, -0.15) is 0 Å². The molecule has 4 heteroatoms. The Bertz CT molecular complexity index is 620. The SMILES string of the molecule is CC(C)(NC(=O)Cc1ccc(Br)cc1)c1ccc(F)cc1. The number of rotatable bonds is 4. The predicted molar refractivity (Wildman–Crippen MR) is 85.4 cm³/mol. The molecule has 0 atom stereocenters. The first-order chi connectivity index (χ1) is 9.87. The van der Waals surface area contributed by atoms with E-state index in [2.05, 4.69) is 21.2 Å². The van der Waals surface area contributed by atoms with Crippen LogP contribution < -0.4 is 5.32 Å². The van der Waals surface area contributed by atoms with Gasteiger partial charge in [-0.1, -0.05) is 40.2 Å². The molecule has 0 aliphatic heterocycles. The molecule has 1 N–H and O–H groups in total. The van der Waals surface area contributed by atoms with E-state index in [4.69, 9.17) is 0 Å². The number of nitrogens with one attached hydrogen (secondary N) is 1. The molecule has 0 fully saturated rings. The first-order valence-corrected chi connectivity index (χ1v) is 7.47. The molecular weight excluding hydrogens is 333 g/mol. The van der Waals surface area contributed by atoms with Gasteiger partial charge in [0.25, 0.3) is 0 Å². The van der Waals surface area contributed by atoms with Crippen LogP contribution in [-0.2, 0) is 16.8 Å². The minimum atomic E-state index is -0.542. The van der Waals surface area contributed by atoms with Crippen molar-refractivity contribution in [3.05, 3.63) is 69.9 Å². The minimum Gasteiger partial charge on any atom is -0.347 e. The molecule has 1 amide bonds. The molecule has 2 rings (SSSR count). The van der Waals surface area contributed by atoms with Gasteiger partial charge >= 0.3 is 0 Å². The van der Waals surface area contributed by atoms with Gasteiger partial charge < -0.3 is 5.32 Å². The summed E-state index contributed by atoms with van der Waals surface area (Å²) in [7, 11) is 0. The summed E-state index contributed by atoms with van der Waals surface area (Å²) in [5.74, 6) is -0.345. The topological polar surface area (TPSA) is 29.1 Å². The fraction of sp³-hybridized carbons (Fsp3) is 0.235. The van der Waals surface area contributed by atoms with Crippen LogP contribution in [0.4, 0.5) is 4.39 Å². The first kappa shape index (κ1) is 15.7. The summed E-state index contributed by atoms with van der Waals surface area (Å²) < 4.78 is 14.0. The molecule has 0 saturated heterocycles. The molecule has 0 heterocycles. The quantitative estimate of drug-likeness (QED) is 0.881. The van der Waals surface area contributed by atoms with Gasteiger partial charge in [-0.15, -0.1) is 0 Å². The average Bonchev–Trinajstić information content (AvgIpc) is 2.41. The molecule has 0 aliphatic rings. The molecule has 0 bridgehead atoms. The van der Waals surface area contributed by atoms with Crippen molar-refractivity contribution in [3.8, 4) is 0 Å². The monoisotopic (exact) mass is 349 g/mol. The van der Waals surface area contributed by atoms with E-state index in [1.165, 1.54) is 12.1 Å². The Labute approximate surface area is 132 Å². The molecule has 0 saturated carbocycles. The van der Waals surface area contributed by atoms with E-state index in [9.17, 15) is 9.18 Å². The summed E-state index contributed by atoms with van der Waals surface area (Å²) in [5.41, 5.74) is 1.28. The number of carbonyl (C=O) groups is 1. The van der Waals surface area contributed by atoms with Crippen LogP contribution in [0, 0.1) is 5.82 Å². The van der Waals surface area contributed by atoms with E-state index in [1.54, 1.807) is 12.1 Å². The van der Waals surface area contributed by atoms with Crippen LogP contribution in [0.25, 0.3) is 0 Å². The number of carbonyl (C=O) groups excluding carboxylic acids is 1. The summed E-state index contributed by atoms with van der Waals surface area (Å²) in [5, 5.41) is 2.98. The summed E-state index contributed by atoms with van der Waals surface area (Å²) in [6.45, 7) is 3.80. The number of hydrogen-bond acceptors (Lipinski definition) is 1. The largest absolute Gasteiger partial charge is 0.347 e. The number of hydrogen-bond donors (Lipinski definition) is 1. The van der Waals surface area contributed by atoms with E-state index < -0.39 is 5.54 Å². The molecule has 2 aromatic rings. The number of amides is 1. The highest BCUT2D eigenvalue weighted by atomic mass is 79.9. The van der Waals surface area contributed by atoms with E-state index in [1.807, 2.05) is 38.1 Å². The molecule has 0 spiro atoms. The standard InChI is InChI=1S/C17H17BrFNO/c1-17(2,13-5-9-15(19)10-6-13)20-16(21)11-12-3-7-14(18)8-4-12/h3-10H,11H2,1-2H3,(H,20,21). The third kappa shape index (κ3) is 4.39. The Kier molecular flexibility index (Phi) is 4.78. The summed E-state index contributed by atoms with van der Waals surface area (Å²) in [6, 6.07) is 13.8. The fourth-order valence-corrected chi connectivity index (χ4v) is 2.38. The molecule has 0 radical (unpaired) electrons. The lowest BCUT2D eigenvalue weighted by Crippen LogP contribution is -2.41. The van der Waals surface area contributed by atoms with Crippen LogP contribution >= 0.6 is 15.9 Å². The van der Waals surface area contributed by atoms with Gasteiger partial charge in [0.2, 0.25) is 5.91 Å². The lowest BCUT2D eigenvalue weighted by molar-refractivity contribution is -0.122. The summed E-state index contributed by atoms with van der Waals surface area (Å²) >= 11 is 3.37. The predicted octanol–water partition coefficient (Wildman–Crippen LogP) is 4.18. The van der Waals surface area contributed by atoms with Crippen molar-refractivity contribution in [2.45, 2.75) is 25.8 Å². The van der Waals surface area contributed by atoms with Crippen molar-refractivity contribution in [2.24, 2.45) is 0 Å². The Hall–Kier alpha value is -1.68. The molecule has 2 nitrogen and oxygen atoms in total. The highest BCUT2D eigenvalue weighted by Crippen LogP contribution is 2.20. The van der Waals surface area contributed by atoms with E-state index in [0.717, 1.165) is 15.6 Å². The Morgan fingerprint density at radius 3 is 2.24 bits per heavy atom. The maximum atomic E-state index is 13.0. The molecule has 21 heavy (non-hydrogen) atoms. The van der Waals surface area contributed by atoms with Crippen molar-refractivity contribution in [1.29, 1.82) is 0 Å². The van der Waals surface area contributed by atoms with Gasteiger partial charge in [-0.3, -0.25) is 4.79 Å². The Morgan fingerprint density at radius 1 is 1.10 bits per heavy atom. The minimum absolute atomic E-state index is 0.0633. The Morgan fingerprint density at radius 2 is 1.67 bits per heavy atom. The molecule has 0 aliphatic carbocycles. The smallest absolute Gasteiger partial charge is 0.225 e. The normalized spacial score (nSPS) is 11.2. The lowest BCUT2D eigenvalue weighted by atomic mass is 9.94. The lowest BCUT2D eigenvalue weighted by Gasteiger charge is -2.27. The second-order valence-corrected chi connectivity index (χ2v) is 6.40. The molecule has 2 aromatic carbocycles. The van der Waals surface area contributed by atoms with Gasteiger partial charge in [-0.05, 0) is 49.2 Å². The second-order valence-electron chi connectivity index (χ2n) is 5.48. The molecule has 0 unspecified atom stereocenters. The van der Waals surface area contributed by atoms with Crippen LogP contribution in [-0.4, -0.2) is 5.91 Å². The third-order valence-corrected chi connectivity index (χ3v) is 3.82. The second kappa shape index (κ2) is 6.39. The van der Waals surface area contributed by atoms with Gasteiger partial charge in [0, 0.05) is 4.47 Å².